The molecule has 120 valence electrons. The average molecular weight is 314 g/mol. The molecule has 1 fully saturated rings. The molecule has 1 aromatic carbocycles. The van der Waals surface area contributed by atoms with E-state index in [1.807, 2.05) is 24.3 Å². The van der Waals surface area contributed by atoms with Gasteiger partial charge in [0.25, 0.3) is 0 Å². The molecular weight excluding hydrogens is 296 g/mol. The van der Waals surface area contributed by atoms with Crippen molar-refractivity contribution in [2.75, 3.05) is 31.0 Å². The van der Waals surface area contributed by atoms with Gasteiger partial charge in [-0.2, -0.15) is 4.98 Å². The van der Waals surface area contributed by atoms with Crippen LogP contribution in [0.4, 0.5) is 11.6 Å². The molecule has 7 heteroatoms. The minimum atomic E-state index is -0.369. The lowest BCUT2D eigenvalue weighted by atomic mass is 10.2. The molecule has 0 spiro atoms. The summed E-state index contributed by atoms with van der Waals surface area (Å²) < 4.78 is 10.4. The van der Waals surface area contributed by atoms with Crippen molar-refractivity contribution in [3.8, 4) is 11.6 Å². The second kappa shape index (κ2) is 6.51. The Bertz CT molecular complexity index is 707. The Labute approximate surface area is 134 Å². The van der Waals surface area contributed by atoms with E-state index in [1.54, 1.807) is 24.3 Å². The van der Waals surface area contributed by atoms with E-state index in [0.717, 1.165) is 5.69 Å². The number of nitrogens with one attached hydrogen (secondary N) is 1. The molecule has 1 saturated heterocycles. The van der Waals surface area contributed by atoms with Gasteiger partial charge in [-0.25, -0.2) is 4.98 Å². The first kappa shape index (κ1) is 15.1. The number of hydrogen-bond donors (Lipinski definition) is 1. The van der Waals surface area contributed by atoms with Gasteiger partial charge in [0, 0.05) is 18.8 Å². The third-order valence-corrected chi connectivity index (χ3v) is 3.72. The Balaban J connectivity index is 1.76. The molecule has 2 aromatic rings. The van der Waals surface area contributed by atoms with Gasteiger partial charge in [-0.05, 0) is 18.6 Å². The number of carbonyl (C=O) groups is 1. The first-order chi connectivity index (χ1) is 11.2. The highest BCUT2D eigenvalue weighted by Gasteiger charge is 2.34. The second-order valence-electron chi connectivity index (χ2n) is 5.07. The zero-order valence-corrected chi connectivity index (χ0v) is 13.0. The normalized spacial score (nSPS) is 17.2. The summed E-state index contributed by atoms with van der Waals surface area (Å²) in [5.74, 6) is 1.49. The van der Waals surface area contributed by atoms with Gasteiger partial charge in [0.1, 0.15) is 11.8 Å². The number of para-hydroxylation sites is 2. The maximum atomic E-state index is 12.7. The van der Waals surface area contributed by atoms with Crippen molar-refractivity contribution in [1.82, 2.24) is 9.97 Å². The van der Waals surface area contributed by atoms with Crippen LogP contribution < -0.4 is 19.7 Å². The maximum Gasteiger partial charge on any atom is 0.249 e. The first-order valence-electron chi connectivity index (χ1n) is 7.31. The third kappa shape index (κ3) is 3.03. The number of nitrogens with zero attached hydrogens (tertiary/aromatic N) is 3. The summed E-state index contributed by atoms with van der Waals surface area (Å²) in [7, 11) is 3.13. The lowest BCUT2D eigenvalue weighted by molar-refractivity contribution is -0.117. The third-order valence-electron chi connectivity index (χ3n) is 3.72. The zero-order valence-electron chi connectivity index (χ0n) is 13.0. The van der Waals surface area contributed by atoms with Crippen LogP contribution >= 0.6 is 0 Å². The molecular formula is C16H18N4O3. The molecule has 0 aliphatic carbocycles. The van der Waals surface area contributed by atoms with Crippen molar-refractivity contribution >= 4 is 17.5 Å². The summed E-state index contributed by atoms with van der Waals surface area (Å²) >= 11 is 0. The van der Waals surface area contributed by atoms with Crippen LogP contribution in [0.25, 0.3) is 0 Å². The number of carbonyl (C=O) groups excluding carboxylic acids is 1. The fraction of sp³-hybridized carbons (Fsp3) is 0.312. The van der Waals surface area contributed by atoms with Gasteiger partial charge in [0.2, 0.25) is 17.7 Å². The molecule has 0 saturated carbocycles. The second-order valence-corrected chi connectivity index (χ2v) is 5.07. The molecule has 7 nitrogen and oxygen atoms in total. The molecule has 3 rings (SSSR count). The topological polar surface area (TPSA) is 76.6 Å². The van der Waals surface area contributed by atoms with E-state index in [1.165, 1.54) is 7.11 Å². The number of hydrogen-bond acceptors (Lipinski definition) is 6. The average Bonchev–Trinajstić information content (AvgIpc) is 2.95. The van der Waals surface area contributed by atoms with E-state index < -0.39 is 0 Å². The van der Waals surface area contributed by atoms with Crippen molar-refractivity contribution in [2.24, 2.45) is 0 Å². The van der Waals surface area contributed by atoms with E-state index in [4.69, 9.17) is 9.47 Å². The van der Waals surface area contributed by atoms with Gasteiger partial charge in [0.05, 0.1) is 19.9 Å². The van der Waals surface area contributed by atoms with E-state index in [2.05, 4.69) is 15.3 Å². The monoisotopic (exact) mass is 314 g/mol. The highest BCUT2D eigenvalue weighted by atomic mass is 16.5. The molecule has 1 atom stereocenters. The first-order valence-corrected chi connectivity index (χ1v) is 7.31. The Morgan fingerprint density at radius 3 is 2.83 bits per heavy atom. The van der Waals surface area contributed by atoms with Crippen LogP contribution in [-0.4, -0.2) is 42.7 Å². The molecule has 2 heterocycles. The fourth-order valence-corrected chi connectivity index (χ4v) is 2.59. The van der Waals surface area contributed by atoms with Crippen LogP contribution in [0.5, 0.6) is 11.6 Å². The number of ether oxygens (including phenoxy) is 2. The van der Waals surface area contributed by atoms with Crippen LogP contribution in [0, 0.1) is 0 Å². The van der Waals surface area contributed by atoms with Crippen LogP contribution in [0.15, 0.2) is 36.5 Å². The predicted molar refractivity (Wildman–Crippen MR) is 86.0 cm³/mol. The van der Waals surface area contributed by atoms with Crippen LogP contribution in [-0.2, 0) is 4.79 Å². The molecule has 1 aliphatic heterocycles. The number of anilines is 2. The molecule has 23 heavy (non-hydrogen) atoms. The summed E-state index contributed by atoms with van der Waals surface area (Å²) in [6.45, 7) is 0.612. The highest BCUT2D eigenvalue weighted by molar-refractivity contribution is 6.01. The van der Waals surface area contributed by atoms with Gasteiger partial charge in [0.15, 0.2) is 0 Å². The van der Waals surface area contributed by atoms with Crippen LogP contribution in [0.3, 0.4) is 0 Å². The Kier molecular flexibility index (Phi) is 4.27. The lowest BCUT2D eigenvalue weighted by Gasteiger charge is -2.19. The standard InChI is InChI=1S/C16H18N4O3/c1-22-13-6-4-3-5-12(13)20-10-8-11(15(20)21)18-16-17-9-7-14(19-16)23-2/h3-7,9,11H,8,10H2,1-2H3,(H,17,18,19)/t11-/m0/s1. The van der Waals surface area contributed by atoms with Crippen LogP contribution in [0.1, 0.15) is 6.42 Å². The quantitative estimate of drug-likeness (QED) is 0.905. The van der Waals surface area contributed by atoms with E-state index in [0.29, 0.717) is 30.5 Å². The summed E-state index contributed by atoms with van der Waals surface area (Å²) in [6, 6.07) is 8.77. The summed E-state index contributed by atoms with van der Waals surface area (Å²) in [5, 5.41) is 3.07. The van der Waals surface area contributed by atoms with Gasteiger partial charge < -0.3 is 19.7 Å². The van der Waals surface area contributed by atoms with E-state index in [-0.39, 0.29) is 11.9 Å². The fourth-order valence-electron chi connectivity index (χ4n) is 2.59. The van der Waals surface area contributed by atoms with Gasteiger partial charge in [-0.3, -0.25) is 4.79 Å². The molecule has 0 unspecified atom stereocenters. The summed E-state index contributed by atoms with van der Waals surface area (Å²) in [6.07, 6.45) is 2.25. The molecule has 0 bridgehead atoms. The lowest BCUT2D eigenvalue weighted by Crippen LogP contribution is -2.34. The summed E-state index contributed by atoms with van der Waals surface area (Å²) in [5.41, 5.74) is 0.774. The maximum absolute atomic E-state index is 12.7. The minimum Gasteiger partial charge on any atom is -0.495 e. The van der Waals surface area contributed by atoms with Crippen LogP contribution in [0.2, 0.25) is 0 Å². The summed E-state index contributed by atoms with van der Waals surface area (Å²) in [4.78, 5) is 22.7. The SMILES string of the molecule is COc1ccnc(N[C@H]2CCN(c3ccccc3OC)C2=O)n1. The van der Waals surface area contributed by atoms with Gasteiger partial charge in [-0.15, -0.1) is 0 Å². The minimum absolute atomic E-state index is 0.0269. The molecule has 0 radical (unpaired) electrons. The van der Waals surface area contributed by atoms with Crippen molar-refractivity contribution in [1.29, 1.82) is 0 Å². The van der Waals surface area contributed by atoms with Gasteiger partial charge in [-0.1, -0.05) is 12.1 Å². The Hall–Kier alpha value is -2.83. The molecule has 1 amide bonds. The Morgan fingerprint density at radius 1 is 1.22 bits per heavy atom. The number of amides is 1. The van der Waals surface area contributed by atoms with Crippen molar-refractivity contribution in [2.45, 2.75) is 12.5 Å². The van der Waals surface area contributed by atoms with Crippen molar-refractivity contribution < 1.29 is 14.3 Å². The molecule has 1 aromatic heterocycles. The number of methoxy groups -OCH3 is 2. The smallest absolute Gasteiger partial charge is 0.249 e. The van der Waals surface area contributed by atoms with E-state index >= 15 is 0 Å². The predicted octanol–water partition coefficient (Wildman–Crippen LogP) is 1.71. The number of rotatable bonds is 5. The van der Waals surface area contributed by atoms with Gasteiger partial charge >= 0.3 is 0 Å². The molecule has 1 N–H and O–H groups in total. The van der Waals surface area contributed by atoms with E-state index in [9.17, 15) is 4.79 Å². The highest BCUT2D eigenvalue weighted by Crippen LogP contribution is 2.31. The Morgan fingerprint density at radius 2 is 2.04 bits per heavy atom. The number of aromatic nitrogens is 2. The zero-order chi connectivity index (χ0) is 16.2. The van der Waals surface area contributed by atoms with Crippen molar-refractivity contribution in [3.63, 3.8) is 0 Å². The number of benzene rings is 1. The van der Waals surface area contributed by atoms with Crippen molar-refractivity contribution in [3.05, 3.63) is 36.5 Å². The largest absolute Gasteiger partial charge is 0.495 e. The molecule has 1 aliphatic rings.